The van der Waals surface area contributed by atoms with Gasteiger partial charge in [-0.3, -0.25) is 0 Å². The van der Waals surface area contributed by atoms with Crippen molar-refractivity contribution < 1.29 is 8.42 Å². The monoisotopic (exact) mass is 451 g/mol. The highest BCUT2D eigenvalue weighted by Gasteiger charge is 2.17. The molecule has 0 aliphatic carbocycles. The topological polar surface area (TPSA) is 75.8 Å². The number of rotatable bonds is 3. The van der Waals surface area contributed by atoms with Gasteiger partial charge in [0.05, 0.1) is 11.4 Å². The van der Waals surface area contributed by atoms with Gasteiger partial charge in [-0.2, -0.15) is 0 Å². The van der Waals surface area contributed by atoms with Crippen LogP contribution in [-0.2, 0) is 16.4 Å². The third-order valence-electron chi connectivity index (χ3n) is 4.04. The minimum atomic E-state index is -3.17. The van der Waals surface area contributed by atoms with Crippen LogP contribution in [0, 0.1) is 12.8 Å². The Morgan fingerprint density at radius 3 is 2.70 bits per heavy atom. The number of hydrogen-bond donors (Lipinski definition) is 1. The zero-order valence-electron chi connectivity index (χ0n) is 13.9. The van der Waals surface area contributed by atoms with Gasteiger partial charge in [-0.1, -0.05) is 19.1 Å². The second-order valence-electron chi connectivity index (χ2n) is 6.24. The maximum absolute atomic E-state index is 11.6. The van der Waals surface area contributed by atoms with Crippen molar-refractivity contribution in [3.05, 3.63) is 29.3 Å². The lowest BCUT2D eigenvalue weighted by atomic mass is 10.0. The molecule has 130 valence electrons. The minimum Gasteiger partial charge on any atom is -0.370 e. The van der Waals surface area contributed by atoms with Gasteiger partial charge in [0, 0.05) is 19.3 Å². The lowest BCUT2D eigenvalue weighted by Crippen LogP contribution is -2.43. The molecule has 1 aromatic rings. The average Bonchev–Trinajstić information content (AvgIpc) is 2.43. The number of halogens is 1. The number of guanidine groups is 1. The Morgan fingerprint density at radius 1 is 1.43 bits per heavy atom. The number of nitrogens with two attached hydrogens (primary N) is 1. The van der Waals surface area contributed by atoms with E-state index in [0.717, 1.165) is 30.6 Å². The fraction of sp³-hybridized carbons (Fsp3) is 0.562. The van der Waals surface area contributed by atoms with Gasteiger partial charge in [-0.25, -0.2) is 13.4 Å². The highest BCUT2D eigenvalue weighted by molar-refractivity contribution is 14.0. The Bertz CT molecular complexity index is 674. The smallest absolute Gasteiger partial charge is 0.191 e. The summed E-state index contributed by atoms with van der Waals surface area (Å²) in [4.78, 5) is 6.96. The van der Waals surface area contributed by atoms with Crippen LogP contribution in [-0.4, -0.2) is 38.6 Å². The summed E-state index contributed by atoms with van der Waals surface area (Å²) in [6.07, 6.45) is 3.62. The van der Waals surface area contributed by atoms with E-state index >= 15 is 0 Å². The average molecular weight is 451 g/mol. The molecule has 1 atom stereocenters. The van der Waals surface area contributed by atoms with E-state index in [2.05, 4.69) is 16.8 Å². The van der Waals surface area contributed by atoms with E-state index in [1.807, 2.05) is 6.07 Å². The lowest BCUT2D eigenvalue weighted by molar-refractivity contribution is 0.270. The number of aliphatic imine (C=N–C) groups is 1. The summed E-state index contributed by atoms with van der Waals surface area (Å²) < 4.78 is 23.2. The van der Waals surface area contributed by atoms with Crippen LogP contribution in [0.4, 0.5) is 0 Å². The summed E-state index contributed by atoms with van der Waals surface area (Å²) in [5.74, 6) is 1.23. The SMILES string of the molecule is Cc1cc(CN=C(N)N2CCCC(C)C2)ccc1S(C)(=O)=O.I. The summed E-state index contributed by atoms with van der Waals surface area (Å²) in [5.41, 5.74) is 7.80. The van der Waals surface area contributed by atoms with Crippen molar-refractivity contribution in [3.63, 3.8) is 0 Å². The highest BCUT2D eigenvalue weighted by atomic mass is 127. The zero-order chi connectivity index (χ0) is 16.3. The normalized spacial score (nSPS) is 19.3. The molecule has 1 heterocycles. The summed E-state index contributed by atoms with van der Waals surface area (Å²) in [5, 5.41) is 0. The molecular formula is C16H26IN3O2S. The first-order chi connectivity index (χ1) is 10.3. The van der Waals surface area contributed by atoms with E-state index in [1.165, 1.54) is 12.7 Å². The fourth-order valence-corrected chi connectivity index (χ4v) is 3.85. The van der Waals surface area contributed by atoms with Crippen LogP contribution < -0.4 is 5.73 Å². The van der Waals surface area contributed by atoms with Gasteiger partial charge in [-0.15, -0.1) is 24.0 Å². The summed E-state index contributed by atoms with van der Waals surface area (Å²) in [6.45, 7) is 6.43. The molecule has 1 aliphatic rings. The number of sulfone groups is 1. The predicted octanol–water partition coefficient (Wildman–Crippen LogP) is 2.56. The number of likely N-dealkylation sites (tertiary alicyclic amines) is 1. The van der Waals surface area contributed by atoms with Crippen LogP contribution in [0.2, 0.25) is 0 Å². The molecule has 0 spiro atoms. The molecule has 5 nitrogen and oxygen atoms in total. The van der Waals surface area contributed by atoms with Crippen molar-refractivity contribution in [2.75, 3.05) is 19.3 Å². The van der Waals surface area contributed by atoms with Crippen LogP contribution in [0.25, 0.3) is 0 Å². The quantitative estimate of drug-likeness (QED) is 0.436. The van der Waals surface area contributed by atoms with Crippen molar-refractivity contribution in [1.29, 1.82) is 0 Å². The van der Waals surface area contributed by atoms with Gasteiger partial charge in [0.1, 0.15) is 0 Å². The number of nitrogens with zero attached hydrogens (tertiary/aromatic N) is 2. The van der Waals surface area contributed by atoms with E-state index < -0.39 is 9.84 Å². The van der Waals surface area contributed by atoms with E-state index in [-0.39, 0.29) is 24.0 Å². The first-order valence-corrected chi connectivity index (χ1v) is 9.51. The first-order valence-electron chi connectivity index (χ1n) is 7.62. The second-order valence-corrected chi connectivity index (χ2v) is 8.22. The van der Waals surface area contributed by atoms with Gasteiger partial charge >= 0.3 is 0 Å². The van der Waals surface area contributed by atoms with Crippen molar-refractivity contribution in [3.8, 4) is 0 Å². The molecule has 7 heteroatoms. The Balaban J connectivity index is 0.00000264. The molecule has 1 aromatic carbocycles. The van der Waals surface area contributed by atoms with Gasteiger partial charge in [-0.05, 0) is 42.9 Å². The molecule has 23 heavy (non-hydrogen) atoms. The maximum Gasteiger partial charge on any atom is 0.191 e. The summed E-state index contributed by atoms with van der Waals surface area (Å²) in [6, 6.07) is 5.32. The lowest BCUT2D eigenvalue weighted by Gasteiger charge is -2.31. The molecule has 0 radical (unpaired) electrons. The molecule has 1 aliphatic heterocycles. The van der Waals surface area contributed by atoms with E-state index in [1.54, 1.807) is 19.1 Å². The molecule has 2 N–H and O–H groups in total. The Kier molecular flexibility index (Phi) is 7.31. The fourth-order valence-electron chi connectivity index (χ4n) is 2.90. The summed E-state index contributed by atoms with van der Waals surface area (Å²) >= 11 is 0. The van der Waals surface area contributed by atoms with Crippen LogP contribution in [0.5, 0.6) is 0 Å². The van der Waals surface area contributed by atoms with Crippen molar-refractivity contribution in [2.24, 2.45) is 16.6 Å². The zero-order valence-corrected chi connectivity index (χ0v) is 17.1. The van der Waals surface area contributed by atoms with Crippen LogP contribution in [0.1, 0.15) is 30.9 Å². The van der Waals surface area contributed by atoms with Crippen LogP contribution in [0.3, 0.4) is 0 Å². The maximum atomic E-state index is 11.6. The van der Waals surface area contributed by atoms with E-state index in [4.69, 9.17) is 5.73 Å². The Morgan fingerprint density at radius 2 is 2.13 bits per heavy atom. The van der Waals surface area contributed by atoms with Crippen LogP contribution in [0.15, 0.2) is 28.1 Å². The number of hydrogen-bond acceptors (Lipinski definition) is 3. The number of benzene rings is 1. The number of piperidine rings is 1. The first kappa shape index (κ1) is 20.2. The highest BCUT2D eigenvalue weighted by Crippen LogP contribution is 2.18. The van der Waals surface area contributed by atoms with Crippen molar-refractivity contribution >= 4 is 39.8 Å². The van der Waals surface area contributed by atoms with Crippen molar-refractivity contribution in [1.82, 2.24) is 4.90 Å². The molecule has 1 unspecified atom stereocenters. The predicted molar refractivity (Wildman–Crippen MR) is 105 cm³/mol. The van der Waals surface area contributed by atoms with Gasteiger partial charge < -0.3 is 10.6 Å². The van der Waals surface area contributed by atoms with Crippen LogP contribution >= 0.6 is 24.0 Å². The van der Waals surface area contributed by atoms with Gasteiger partial charge in [0.15, 0.2) is 15.8 Å². The molecular weight excluding hydrogens is 425 g/mol. The molecule has 1 fully saturated rings. The van der Waals surface area contributed by atoms with Gasteiger partial charge in [0.2, 0.25) is 0 Å². The van der Waals surface area contributed by atoms with E-state index in [9.17, 15) is 8.42 Å². The molecule has 0 bridgehead atoms. The molecule has 0 saturated carbocycles. The van der Waals surface area contributed by atoms with Crippen molar-refractivity contribution in [2.45, 2.75) is 38.1 Å². The molecule has 0 aromatic heterocycles. The third-order valence-corrected chi connectivity index (χ3v) is 5.30. The van der Waals surface area contributed by atoms with E-state index in [0.29, 0.717) is 23.3 Å². The largest absolute Gasteiger partial charge is 0.370 e. The minimum absolute atomic E-state index is 0. The third kappa shape index (κ3) is 5.63. The summed E-state index contributed by atoms with van der Waals surface area (Å²) in [7, 11) is -3.17. The molecule has 1 saturated heterocycles. The second kappa shape index (κ2) is 8.32. The Hall–Kier alpha value is -0.830. The molecule has 0 amide bonds. The Labute approximate surface area is 156 Å². The molecule has 2 rings (SSSR count). The van der Waals surface area contributed by atoms with Gasteiger partial charge in [0.25, 0.3) is 0 Å². The number of aryl methyl sites for hydroxylation is 1. The standard InChI is InChI=1S/C16H25N3O2S.HI/c1-12-5-4-8-19(11-12)16(17)18-10-14-6-7-15(13(2)9-14)22(3,20)21;/h6-7,9,12H,4-5,8,10-11H2,1-3H3,(H2,17,18);1H.